The third kappa shape index (κ3) is 3.96. The molecule has 0 bridgehead atoms. The van der Waals surface area contributed by atoms with E-state index in [-0.39, 0.29) is 5.91 Å². The molecule has 1 atom stereocenters. The number of aryl methyl sites for hydroxylation is 2. The Labute approximate surface area is 136 Å². The molecule has 0 radical (unpaired) electrons. The van der Waals surface area contributed by atoms with Gasteiger partial charge in [-0.15, -0.1) is 0 Å². The van der Waals surface area contributed by atoms with Gasteiger partial charge in [-0.3, -0.25) is 19.8 Å². The molecule has 1 aliphatic heterocycles. The number of likely N-dealkylation sites (tertiary alicyclic amines) is 1. The minimum absolute atomic E-state index is 0.000370. The van der Waals surface area contributed by atoms with Crippen molar-refractivity contribution in [2.75, 3.05) is 18.9 Å². The second kappa shape index (κ2) is 6.91. The molecule has 0 aliphatic carbocycles. The van der Waals surface area contributed by atoms with Crippen molar-refractivity contribution in [1.29, 1.82) is 0 Å². The van der Waals surface area contributed by atoms with Gasteiger partial charge < -0.3 is 5.32 Å². The highest BCUT2D eigenvalue weighted by Crippen LogP contribution is 2.29. The molecule has 1 amide bonds. The number of carbonyl (C=O) groups is 1. The lowest BCUT2D eigenvalue weighted by Gasteiger charge is -2.20. The minimum Gasteiger partial charge on any atom is -0.323 e. The summed E-state index contributed by atoms with van der Waals surface area (Å²) in [7, 11) is 2.15. The molecule has 0 unspecified atom stereocenters. The van der Waals surface area contributed by atoms with Crippen LogP contribution in [0.2, 0.25) is 0 Å². The summed E-state index contributed by atoms with van der Waals surface area (Å²) in [5, 5.41) is 9.32. The number of aromatic nitrogens is 3. The first kappa shape index (κ1) is 15.7. The molecule has 2 aromatic rings. The zero-order valence-electron chi connectivity index (χ0n) is 13.7. The van der Waals surface area contributed by atoms with Crippen LogP contribution in [0.3, 0.4) is 0 Å². The number of rotatable bonds is 5. The maximum Gasteiger partial charge on any atom is 0.224 e. The van der Waals surface area contributed by atoms with Crippen LogP contribution in [-0.2, 0) is 11.2 Å². The normalized spacial score (nSPS) is 18.3. The predicted molar refractivity (Wildman–Crippen MR) is 89.1 cm³/mol. The number of aromatic amines is 1. The van der Waals surface area contributed by atoms with Crippen molar-refractivity contribution in [3.05, 3.63) is 41.5 Å². The van der Waals surface area contributed by atoms with Crippen LogP contribution in [0.25, 0.3) is 0 Å². The first-order valence-corrected chi connectivity index (χ1v) is 8.08. The summed E-state index contributed by atoms with van der Waals surface area (Å²) in [6.45, 7) is 3.15. The zero-order chi connectivity index (χ0) is 16.2. The molecule has 0 aromatic carbocycles. The smallest absolute Gasteiger partial charge is 0.224 e. The van der Waals surface area contributed by atoms with Gasteiger partial charge in [0.15, 0.2) is 0 Å². The third-order valence-electron chi connectivity index (χ3n) is 4.32. The number of anilines is 1. The first-order valence-electron chi connectivity index (χ1n) is 8.08. The number of carbonyl (C=O) groups excluding carboxylic acids is 1. The van der Waals surface area contributed by atoms with Crippen molar-refractivity contribution in [2.24, 2.45) is 0 Å². The van der Waals surface area contributed by atoms with E-state index >= 15 is 0 Å². The summed E-state index contributed by atoms with van der Waals surface area (Å²) in [4.78, 5) is 19.0. The number of amides is 1. The van der Waals surface area contributed by atoms with Crippen LogP contribution in [0.4, 0.5) is 5.69 Å². The highest BCUT2D eigenvalue weighted by atomic mass is 16.1. The van der Waals surface area contributed by atoms with Gasteiger partial charge in [-0.25, -0.2) is 0 Å². The van der Waals surface area contributed by atoms with Gasteiger partial charge >= 0.3 is 0 Å². The Morgan fingerprint density at radius 3 is 3.04 bits per heavy atom. The van der Waals surface area contributed by atoms with Crippen LogP contribution in [0.1, 0.15) is 42.3 Å². The lowest BCUT2D eigenvalue weighted by Crippen LogP contribution is -2.19. The van der Waals surface area contributed by atoms with Gasteiger partial charge in [0.25, 0.3) is 0 Å². The Kier molecular flexibility index (Phi) is 4.71. The van der Waals surface area contributed by atoms with E-state index in [2.05, 4.69) is 39.6 Å². The van der Waals surface area contributed by atoms with Crippen LogP contribution in [0, 0.1) is 6.92 Å². The molecule has 3 heterocycles. The van der Waals surface area contributed by atoms with Gasteiger partial charge in [0.2, 0.25) is 5.91 Å². The molecule has 2 aromatic heterocycles. The van der Waals surface area contributed by atoms with Crippen LogP contribution in [0.15, 0.2) is 24.5 Å². The maximum atomic E-state index is 12.0. The fourth-order valence-corrected chi connectivity index (χ4v) is 3.17. The molecule has 1 aliphatic rings. The number of H-pyrrole nitrogens is 1. The minimum atomic E-state index is 0.000370. The summed E-state index contributed by atoms with van der Waals surface area (Å²) < 4.78 is 0. The van der Waals surface area contributed by atoms with Crippen LogP contribution in [0.5, 0.6) is 0 Å². The number of hydrogen-bond acceptors (Lipinski definition) is 4. The molecular formula is C17H23N5O. The lowest BCUT2D eigenvalue weighted by molar-refractivity contribution is -0.116. The second-order valence-electron chi connectivity index (χ2n) is 6.22. The SMILES string of the molecule is Cc1cc(CCC(=O)Nc2cn[nH]c2)cc([C@@H]2CCCN2C)n1. The monoisotopic (exact) mass is 313 g/mol. The number of nitrogens with one attached hydrogen (secondary N) is 2. The highest BCUT2D eigenvalue weighted by molar-refractivity contribution is 5.90. The third-order valence-corrected chi connectivity index (χ3v) is 4.32. The summed E-state index contributed by atoms with van der Waals surface area (Å²) in [6, 6.07) is 4.64. The Balaban J connectivity index is 1.63. The second-order valence-corrected chi connectivity index (χ2v) is 6.22. The van der Waals surface area contributed by atoms with Crippen LogP contribution >= 0.6 is 0 Å². The average molecular weight is 313 g/mol. The van der Waals surface area contributed by atoms with Crippen molar-refractivity contribution >= 4 is 11.6 Å². The summed E-state index contributed by atoms with van der Waals surface area (Å²) in [5.74, 6) is 0.000370. The van der Waals surface area contributed by atoms with Gasteiger partial charge in [0, 0.05) is 18.3 Å². The first-order chi connectivity index (χ1) is 11.1. The van der Waals surface area contributed by atoms with E-state index in [0.717, 1.165) is 30.8 Å². The van der Waals surface area contributed by atoms with E-state index in [4.69, 9.17) is 4.98 Å². The standard InChI is InChI=1S/C17H23N5O/c1-12-8-13(5-6-17(23)21-14-10-18-19-11-14)9-15(20-12)16-4-3-7-22(16)2/h8-11,16H,3-7H2,1-2H3,(H,18,19)(H,21,23)/t16-/m0/s1. The molecular weight excluding hydrogens is 290 g/mol. The van der Waals surface area contributed by atoms with Gasteiger partial charge in [-0.05, 0) is 57.5 Å². The molecule has 6 heteroatoms. The fourth-order valence-electron chi connectivity index (χ4n) is 3.17. The van der Waals surface area contributed by atoms with Crippen LogP contribution in [-0.4, -0.2) is 39.6 Å². The van der Waals surface area contributed by atoms with Crippen molar-refractivity contribution in [1.82, 2.24) is 20.1 Å². The zero-order valence-corrected chi connectivity index (χ0v) is 13.7. The molecule has 3 rings (SSSR count). The number of hydrogen-bond donors (Lipinski definition) is 2. The summed E-state index contributed by atoms with van der Waals surface area (Å²) in [5.41, 5.74) is 4.03. The molecule has 2 N–H and O–H groups in total. The van der Waals surface area contributed by atoms with Gasteiger partial charge in [-0.1, -0.05) is 0 Å². The molecule has 122 valence electrons. The molecule has 1 fully saturated rings. The molecule has 6 nitrogen and oxygen atoms in total. The average Bonchev–Trinajstić information content (AvgIpc) is 3.16. The Bertz CT molecular complexity index is 668. The van der Waals surface area contributed by atoms with E-state index in [1.807, 2.05) is 6.92 Å². The lowest BCUT2D eigenvalue weighted by atomic mass is 10.0. The van der Waals surface area contributed by atoms with E-state index in [9.17, 15) is 4.79 Å². The van der Waals surface area contributed by atoms with Gasteiger partial charge in [-0.2, -0.15) is 5.10 Å². The van der Waals surface area contributed by atoms with Crippen molar-refractivity contribution in [3.63, 3.8) is 0 Å². The number of nitrogens with zero attached hydrogens (tertiary/aromatic N) is 3. The van der Waals surface area contributed by atoms with Crippen molar-refractivity contribution < 1.29 is 4.79 Å². The largest absolute Gasteiger partial charge is 0.323 e. The Morgan fingerprint density at radius 2 is 2.35 bits per heavy atom. The van der Waals surface area contributed by atoms with Gasteiger partial charge in [0.05, 0.1) is 23.6 Å². The van der Waals surface area contributed by atoms with Gasteiger partial charge in [0.1, 0.15) is 0 Å². The predicted octanol–water partition coefficient (Wildman–Crippen LogP) is 2.45. The quantitative estimate of drug-likeness (QED) is 0.889. The highest BCUT2D eigenvalue weighted by Gasteiger charge is 2.24. The molecule has 0 spiro atoms. The Hall–Kier alpha value is -2.21. The molecule has 0 saturated carbocycles. The summed E-state index contributed by atoms with van der Waals surface area (Å²) >= 11 is 0. The van der Waals surface area contributed by atoms with Crippen LogP contribution < -0.4 is 5.32 Å². The van der Waals surface area contributed by atoms with E-state index in [0.29, 0.717) is 18.2 Å². The fraction of sp³-hybridized carbons (Fsp3) is 0.471. The van der Waals surface area contributed by atoms with E-state index in [1.165, 1.54) is 12.0 Å². The topological polar surface area (TPSA) is 73.9 Å². The van der Waals surface area contributed by atoms with Crippen molar-refractivity contribution in [2.45, 2.75) is 38.6 Å². The van der Waals surface area contributed by atoms with E-state index < -0.39 is 0 Å². The van der Waals surface area contributed by atoms with Crippen molar-refractivity contribution in [3.8, 4) is 0 Å². The maximum absolute atomic E-state index is 12.0. The number of pyridine rings is 1. The summed E-state index contributed by atoms with van der Waals surface area (Å²) in [6.07, 6.45) is 6.82. The molecule has 23 heavy (non-hydrogen) atoms. The molecule has 1 saturated heterocycles. The van der Waals surface area contributed by atoms with E-state index in [1.54, 1.807) is 12.4 Å². The Morgan fingerprint density at radius 1 is 1.48 bits per heavy atom.